The third kappa shape index (κ3) is 5.48. The van der Waals surface area contributed by atoms with E-state index in [2.05, 4.69) is 10.6 Å². The standard InChI is InChI=1S/C18H25N3O4/c1-3-25-18(24)21-11-9-15(10-12-21)20-17(23)16(22)19-13(2)14-7-5-4-6-8-14/h4-8,13,15H,3,9-12H2,1-2H3,(H,19,22)(H,20,23). The predicted molar refractivity (Wildman–Crippen MR) is 92.8 cm³/mol. The summed E-state index contributed by atoms with van der Waals surface area (Å²) in [5, 5.41) is 5.43. The van der Waals surface area contributed by atoms with Crippen molar-refractivity contribution in [2.24, 2.45) is 0 Å². The number of carbonyl (C=O) groups is 3. The first kappa shape index (κ1) is 18.8. The maximum atomic E-state index is 12.1. The van der Waals surface area contributed by atoms with E-state index in [4.69, 9.17) is 4.74 Å². The summed E-state index contributed by atoms with van der Waals surface area (Å²) in [7, 11) is 0. The Bertz CT molecular complexity index is 598. The van der Waals surface area contributed by atoms with Gasteiger partial charge in [0.2, 0.25) is 0 Å². The van der Waals surface area contributed by atoms with Gasteiger partial charge in [-0.25, -0.2) is 4.79 Å². The molecule has 1 heterocycles. The number of rotatable bonds is 4. The molecule has 1 aromatic rings. The minimum atomic E-state index is -0.649. The number of benzene rings is 1. The van der Waals surface area contributed by atoms with E-state index < -0.39 is 11.8 Å². The monoisotopic (exact) mass is 347 g/mol. The van der Waals surface area contributed by atoms with Crippen LogP contribution in [0, 0.1) is 0 Å². The number of hydrogen-bond donors (Lipinski definition) is 2. The number of ether oxygens (including phenoxy) is 1. The summed E-state index contributed by atoms with van der Waals surface area (Å²) < 4.78 is 4.96. The van der Waals surface area contributed by atoms with Crippen LogP contribution in [0.25, 0.3) is 0 Å². The molecule has 1 aliphatic rings. The van der Waals surface area contributed by atoms with Gasteiger partial charge in [-0.2, -0.15) is 0 Å². The molecule has 2 rings (SSSR count). The number of amides is 3. The Morgan fingerprint density at radius 3 is 2.40 bits per heavy atom. The normalized spacial score (nSPS) is 16.0. The van der Waals surface area contributed by atoms with Crippen molar-refractivity contribution < 1.29 is 19.1 Å². The molecule has 1 aromatic carbocycles. The first-order valence-corrected chi connectivity index (χ1v) is 8.59. The van der Waals surface area contributed by atoms with Crippen molar-refractivity contribution in [3.05, 3.63) is 35.9 Å². The molecule has 7 heteroatoms. The maximum Gasteiger partial charge on any atom is 0.409 e. The van der Waals surface area contributed by atoms with Crippen molar-refractivity contribution in [1.29, 1.82) is 0 Å². The number of carbonyl (C=O) groups excluding carboxylic acids is 3. The Labute approximate surface area is 147 Å². The molecule has 0 spiro atoms. The van der Waals surface area contributed by atoms with Crippen LogP contribution in [0.3, 0.4) is 0 Å². The number of nitrogens with zero attached hydrogens (tertiary/aromatic N) is 1. The average Bonchev–Trinajstić information content (AvgIpc) is 2.63. The van der Waals surface area contributed by atoms with Crippen molar-refractivity contribution in [3.63, 3.8) is 0 Å². The first-order valence-electron chi connectivity index (χ1n) is 8.59. The van der Waals surface area contributed by atoms with Gasteiger partial charge < -0.3 is 20.3 Å². The Kier molecular flexibility index (Phi) is 6.80. The topological polar surface area (TPSA) is 87.7 Å². The Hall–Kier alpha value is -2.57. The van der Waals surface area contributed by atoms with Crippen LogP contribution in [0.4, 0.5) is 4.79 Å². The van der Waals surface area contributed by atoms with Gasteiger partial charge in [0.15, 0.2) is 0 Å². The van der Waals surface area contributed by atoms with Crippen LogP contribution in [0.2, 0.25) is 0 Å². The van der Waals surface area contributed by atoms with Crippen molar-refractivity contribution >= 4 is 17.9 Å². The first-order chi connectivity index (χ1) is 12.0. The number of piperidine rings is 1. The molecule has 1 unspecified atom stereocenters. The molecule has 0 aromatic heterocycles. The molecule has 1 fully saturated rings. The van der Waals surface area contributed by atoms with Crippen LogP contribution in [0.5, 0.6) is 0 Å². The smallest absolute Gasteiger partial charge is 0.409 e. The fourth-order valence-electron chi connectivity index (χ4n) is 2.76. The average molecular weight is 347 g/mol. The predicted octanol–water partition coefficient (Wildman–Crippen LogP) is 1.60. The number of hydrogen-bond acceptors (Lipinski definition) is 4. The molecule has 7 nitrogen and oxygen atoms in total. The van der Waals surface area contributed by atoms with E-state index in [0.29, 0.717) is 32.5 Å². The molecule has 0 radical (unpaired) electrons. The van der Waals surface area contributed by atoms with E-state index >= 15 is 0 Å². The van der Waals surface area contributed by atoms with Crippen molar-refractivity contribution in [2.45, 2.75) is 38.8 Å². The van der Waals surface area contributed by atoms with E-state index in [1.807, 2.05) is 37.3 Å². The number of nitrogens with one attached hydrogen (secondary N) is 2. The summed E-state index contributed by atoms with van der Waals surface area (Å²) in [6, 6.07) is 9.10. The van der Waals surface area contributed by atoms with Gasteiger partial charge in [-0.05, 0) is 32.3 Å². The summed E-state index contributed by atoms with van der Waals surface area (Å²) in [5.74, 6) is -1.29. The lowest BCUT2D eigenvalue weighted by atomic mass is 10.1. The zero-order valence-electron chi connectivity index (χ0n) is 14.7. The van der Waals surface area contributed by atoms with Gasteiger partial charge in [-0.15, -0.1) is 0 Å². The molecule has 2 N–H and O–H groups in total. The fourth-order valence-corrected chi connectivity index (χ4v) is 2.76. The van der Waals surface area contributed by atoms with Crippen molar-refractivity contribution in [3.8, 4) is 0 Å². The van der Waals surface area contributed by atoms with Crippen molar-refractivity contribution in [2.75, 3.05) is 19.7 Å². The summed E-state index contributed by atoms with van der Waals surface area (Å²) in [5.41, 5.74) is 0.936. The van der Waals surface area contributed by atoms with Crippen LogP contribution >= 0.6 is 0 Å². The van der Waals surface area contributed by atoms with E-state index in [0.717, 1.165) is 5.56 Å². The largest absolute Gasteiger partial charge is 0.450 e. The molecule has 0 aliphatic carbocycles. The Morgan fingerprint density at radius 2 is 1.80 bits per heavy atom. The van der Waals surface area contributed by atoms with Gasteiger partial charge in [-0.3, -0.25) is 9.59 Å². The summed E-state index contributed by atoms with van der Waals surface area (Å²) in [6.07, 6.45) is 0.875. The van der Waals surface area contributed by atoms with E-state index in [-0.39, 0.29) is 18.2 Å². The highest BCUT2D eigenvalue weighted by Gasteiger charge is 2.26. The molecule has 1 aliphatic heterocycles. The van der Waals surface area contributed by atoms with Gasteiger partial charge in [0.25, 0.3) is 0 Å². The molecule has 3 amide bonds. The van der Waals surface area contributed by atoms with Gasteiger partial charge in [-0.1, -0.05) is 30.3 Å². The van der Waals surface area contributed by atoms with E-state index in [1.165, 1.54) is 0 Å². The van der Waals surface area contributed by atoms with Crippen LogP contribution in [-0.4, -0.2) is 48.5 Å². The minimum absolute atomic E-state index is 0.115. The molecule has 25 heavy (non-hydrogen) atoms. The molecule has 1 atom stereocenters. The lowest BCUT2D eigenvalue weighted by Gasteiger charge is -2.31. The summed E-state index contributed by atoms with van der Waals surface area (Å²) in [6.45, 7) is 4.95. The van der Waals surface area contributed by atoms with Gasteiger partial charge in [0.05, 0.1) is 12.6 Å². The highest BCUT2D eigenvalue weighted by atomic mass is 16.6. The minimum Gasteiger partial charge on any atom is -0.450 e. The van der Waals surface area contributed by atoms with E-state index in [9.17, 15) is 14.4 Å². The molecule has 136 valence electrons. The Balaban J connectivity index is 1.76. The summed E-state index contributed by atoms with van der Waals surface area (Å²) >= 11 is 0. The number of likely N-dealkylation sites (tertiary alicyclic amines) is 1. The van der Waals surface area contributed by atoms with Crippen LogP contribution < -0.4 is 10.6 Å². The van der Waals surface area contributed by atoms with Gasteiger partial charge >= 0.3 is 17.9 Å². The molecular weight excluding hydrogens is 322 g/mol. The van der Waals surface area contributed by atoms with Crippen molar-refractivity contribution in [1.82, 2.24) is 15.5 Å². The van der Waals surface area contributed by atoms with Crippen LogP contribution in [0.1, 0.15) is 38.3 Å². The van der Waals surface area contributed by atoms with E-state index in [1.54, 1.807) is 11.8 Å². The lowest BCUT2D eigenvalue weighted by Crippen LogP contribution is -2.50. The highest BCUT2D eigenvalue weighted by Crippen LogP contribution is 2.13. The maximum absolute atomic E-state index is 12.1. The second kappa shape index (κ2) is 9.05. The second-order valence-corrected chi connectivity index (χ2v) is 6.04. The van der Waals surface area contributed by atoms with Gasteiger partial charge in [0.1, 0.15) is 0 Å². The second-order valence-electron chi connectivity index (χ2n) is 6.04. The molecule has 0 bridgehead atoms. The summed E-state index contributed by atoms with van der Waals surface area (Å²) in [4.78, 5) is 37.4. The van der Waals surface area contributed by atoms with Gasteiger partial charge in [0, 0.05) is 19.1 Å². The lowest BCUT2D eigenvalue weighted by molar-refractivity contribution is -0.140. The quantitative estimate of drug-likeness (QED) is 0.810. The van der Waals surface area contributed by atoms with Crippen LogP contribution in [0.15, 0.2) is 30.3 Å². The third-order valence-electron chi connectivity index (χ3n) is 4.21. The molecule has 0 saturated carbocycles. The zero-order chi connectivity index (χ0) is 18.2. The highest BCUT2D eigenvalue weighted by molar-refractivity contribution is 6.35. The third-order valence-corrected chi connectivity index (χ3v) is 4.21. The van der Waals surface area contributed by atoms with Crippen LogP contribution in [-0.2, 0) is 14.3 Å². The zero-order valence-corrected chi connectivity index (χ0v) is 14.7. The molecule has 1 saturated heterocycles. The fraction of sp³-hybridized carbons (Fsp3) is 0.500. The molecular formula is C18H25N3O4. The SMILES string of the molecule is CCOC(=O)N1CCC(NC(=O)C(=O)NC(C)c2ccccc2)CC1. The Morgan fingerprint density at radius 1 is 1.16 bits per heavy atom.